The average Bonchev–Trinajstić information content (AvgIpc) is 2.70. The summed E-state index contributed by atoms with van der Waals surface area (Å²) in [6.45, 7) is 1.48. The van der Waals surface area contributed by atoms with E-state index in [2.05, 4.69) is 4.98 Å². The summed E-state index contributed by atoms with van der Waals surface area (Å²) < 4.78 is 28.2. The lowest BCUT2D eigenvalue weighted by Crippen LogP contribution is -2.48. The van der Waals surface area contributed by atoms with Crippen LogP contribution in [0.3, 0.4) is 0 Å². The molecule has 2 aliphatic rings. The normalized spacial score (nSPS) is 20.5. The minimum atomic E-state index is -2.65. The van der Waals surface area contributed by atoms with Gasteiger partial charge in [-0.3, -0.25) is 14.2 Å². The molecule has 150 valence electrons. The van der Waals surface area contributed by atoms with Gasteiger partial charge >= 0.3 is 0 Å². The highest BCUT2D eigenvalue weighted by atomic mass is 19.3. The van der Waals surface area contributed by atoms with Crippen molar-refractivity contribution in [2.24, 2.45) is 13.0 Å². The van der Waals surface area contributed by atoms with E-state index in [4.69, 9.17) is 0 Å². The Morgan fingerprint density at radius 1 is 1.11 bits per heavy atom. The second-order valence-corrected chi connectivity index (χ2v) is 7.74. The zero-order valence-electron chi connectivity index (χ0n) is 15.9. The topological polar surface area (TPSA) is 58.4 Å². The van der Waals surface area contributed by atoms with Crippen LogP contribution >= 0.6 is 0 Å². The number of piperidine rings is 2. The summed E-state index contributed by atoms with van der Waals surface area (Å²) in [6.07, 6.45) is 0.768. The molecular weight excluding hydrogens is 366 g/mol. The Kier molecular flexibility index (Phi) is 4.81. The maximum absolute atomic E-state index is 13.3. The maximum Gasteiger partial charge on any atom is 0.262 e. The van der Waals surface area contributed by atoms with Gasteiger partial charge in [0, 0.05) is 52.0 Å². The third-order valence-electron chi connectivity index (χ3n) is 5.89. The van der Waals surface area contributed by atoms with E-state index >= 15 is 0 Å². The van der Waals surface area contributed by atoms with Crippen LogP contribution in [-0.4, -0.2) is 52.5 Å². The van der Waals surface area contributed by atoms with Crippen molar-refractivity contribution in [1.82, 2.24) is 14.5 Å². The molecule has 0 atom stereocenters. The van der Waals surface area contributed by atoms with E-state index in [1.807, 2.05) is 23.1 Å². The molecule has 8 heteroatoms. The van der Waals surface area contributed by atoms with Gasteiger partial charge in [-0.1, -0.05) is 12.1 Å². The van der Waals surface area contributed by atoms with Crippen molar-refractivity contribution < 1.29 is 13.6 Å². The molecule has 1 aromatic carbocycles. The first kappa shape index (κ1) is 18.8. The van der Waals surface area contributed by atoms with E-state index in [1.54, 1.807) is 22.6 Å². The highest BCUT2D eigenvalue weighted by Gasteiger charge is 2.38. The number of carbonyl (C=O) groups excluding carboxylic acids is 1. The molecule has 0 aliphatic carbocycles. The summed E-state index contributed by atoms with van der Waals surface area (Å²) in [6, 6.07) is 7.26. The molecule has 0 spiro atoms. The van der Waals surface area contributed by atoms with Gasteiger partial charge in [0.15, 0.2) is 0 Å². The van der Waals surface area contributed by atoms with Crippen molar-refractivity contribution >= 4 is 22.8 Å². The molecular formula is C20H24F2N4O2. The first-order valence-electron chi connectivity index (χ1n) is 9.73. The Morgan fingerprint density at radius 2 is 1.75 bits per heavy atom. The number of benzene rings is 1. The lowest BCUT2D eigenvalue weighted by Gasteiger charge is -2.37. The van der Waals surface area contributed by atoms with Crippen molar-refractivity contribution in [3.05, 3.63) is 34.6 Å². The van der Waals surface area contributed by atoms with Gasteiger partial charge in [-0.2, -0.15) is 0 Å². The van der Waals surface area contributed by atoms with Gasteiger partial charge in [0.05, 0.1) is 10.9 Å². The fraction of sp³-hybridized carbons (Fsp3) is 0.550. The Hall–Kier alpha value is -2.51. The average molecular weight is 390 g/mol. The van der Waals surface area contributed by atoms with E-state index in [1.165, 1.54) is 0 Å². The molecule has 0 radical (unpaired) electrons. The molecule has 2 aromatic rings. The predicted molar refractivity (Wildman–Crippen MR) is 103 cm³/mol. The number of amides is 1. The zero-order valence-corrected chi connectivity index (χ0v) is 15.9. The number of hydrogen-bond acceptors (Lipinski definition) is 4. The minimum absolute atomic E-state index is 0.0180. The van der Waals surface area contributed by atoms with Crippen LogP contribution < -0.4 is 10.5 Å². The highest BCUT2D eigenvalue weighted by molar-refractivity contribution is 5.80. The van der Waals surface area contributed by atoms with Gasteiger partial charge in [0.2, 0.25) is 11.9 Å². The van der Waals surface area contributed by atoms with Crippen molar-refractivity contribution in [3.63, 3.8) is 0 Å². The fourth-order valence-corrected chi connectivity index (χ4v) is 4.13. The van der Waals surface area contributed by atoms with Gasteiger partial charge in [-0.05, 0) is 25.0 Å². The van der Waals surface area contributed by atoms with Crippen LogP contribution in [0, 0.1) is 5.92 Å². The number of aromatic nitrogens is 2. The van der Waals surface area contributed by atoms with Crippen LogP contribution in [0.1, 0.15) is 25.7 Å². The van der Waals surface area contributed by atoms with E-state index in [0.29, 0.717) is 42.8 Å². The summed E-state index contributed by atoms with van der Waals surface area (Å²) in [5.41, 5.74) is 0.570. The van der Waals surface area contributed by atoms with Crippen LogP contribution in [0.2, 0.25) is 0 Å². The van der Waals surface area contributed by atoms with Gasteiger partial charge in [-0.15, -0.1) is 0 Å². The second kappa shape index (κ2) is 7.14. The number of hydrogen-bond donors (Lipinski definition) is 0. The predicted octanol–water partition coefficient (Wildman–Crippen LogP) is 2.41. The summed E-state index contributed by atoms with van der Waals surface area (Å²) in [7, 11) is 1.71. The van der Waals surface area contributed by atoms with E-state index in [9.17, 15) is 18.4 Å². The minimum Gasteiger partial charge on any atom is -0.342 e. The van der Waals surface area contributed by atoms with Gasteiger partial charge in [-0.25, -0.2) is 13.8 Å². The second-order valence-electron chi connectivity index (χ2n) is 7.74. The molecule has 1 aromatic heterocycles. The maximum atomic E-state index is 13.3. The van der Waals surface area contributed by atoms with Gasteiger partial charge in [0.25, 0.3) is 11.5 Å². The zero-order chi connectivity index (χ0) is 19.9. The molecule has 2 saturated heterocycles. The number of carbonyl (C=O) groups is 1. The Balaban J connectivity index is 1.45. The number of rotatable bonds is 2. The number of fused-ring (bicyclic) bond motifs is 1. The van der Waals surface area contributed by atoms with Crippen molar-refractivity contribution in [3.8, 4) is 0 Å². The molecule has 0 bridgehead atoms. The standard InChI is InChI=1S/C20H24F2N4O2/c1-24-18(28)15-4-2-3-5-16(15)23-19(24)26-10-6-14(7-11-26)17(27)25-12-8-20(21,22)9-13-25/h2-5,14H,6-13H2,1H3. The van der Waals surface area contributed by atoms with Crippen molar-refractivity contribution in [2.75, 3.05) is 31.1 Å². The first-order valence-corrected chi connectivity index (χ1v) is 9.73. The number of alkyl halides is 2. The molecule has 4 rings (SSSR count). The SMILES string of the molecule is Cn1c(N2CCC(C(=O)N3CCC(F)(F)CC3)CC2)nc2ccccc2c1=O. The summed E-state index contributed by atoms with van der Waals surface area (Å²) in [4.78, 5) is 33.6. The number of nitrogens with zero attached hydrogens (tertiary/aromatic N) is 4. The molecule has 1 amide bonds. The molecule has 0 saturated carbocycles. The van der Waals surface area contributed by atoms with E-state index in [0.717, 1.165) is 0 Å². The summed E-state index contributed by atoms with van der Waals surface area (Å²) in [5.74, 6) is -2.21. The fourth-order valence-electron chi connectivity index (χ4n) is 4.13. The van der Waals surface area contributed by atoms with Crippen LogP contribution in [0.4, 0.5) is 14.7 Å². The molecule has 0 unspecified atom stereocenters. The third kappa shape index (κ3) is 3.47. The molecule has 3 heterocycles. The van der Waals surface area contributed by atoms with Crippen LogP contribution in [0.15, 0.2) is 29.1 Å². The largest absolute Gasteiger partial charge is 0.342 e. The monoisotopic (exact) mass is 390 g/mol. The number of anilines is 1. The third-order valence-corrected chi connectivity index (χ3v) is 5.89. The summed E-state index contributed by atoms with van der Waals surface area (Å²) in [5, 5.41) is 0.584. The smallest absolute Gasteiger partial charge is 0.262 e. The molecule has 6 nitrogen and oxygen atoms in total. The molecule has 0 N–H and O–H groups in total. The lowest BCUT2D eigenvalue weighted by atomic mass is 9.94. The Morgan fingerprint density at radius 3 is 2.43 bits per heavy atom. The van der Waals surface area contributed by atoms with E-state index < -0.39 is 5.92 Å². The quantitative estimate of drug-likeness (QED) is 0.790. The van der Waals surface area contributed by atoms with Crippen LogP contribution in [0.25, 0.3) is 10.9 Å². The highest BCUT2D eigenvalue weighted by Crippen LogP contribution is 2.30. The van der Waals surface area contributed by atoms with Crippen molar-refractivity contribution in [1.29, 1.82) is 0 Å². The van der Waals surface area contributed by atoms with Crippen LogP contribution in [0.5, 0.6) is 0 Å². The van der Waals surface area contributed by atoms with Gasteiger partial charge < -0.3 is 9.80 Å². The lowest BCUT2D eigenvalue weighted by molar-refractivity contribution is -0.142. The molecule has 2 aliphatic heterocycles. The van der Waals surface area contributed by atoms with Crippen LogP contribution in [-0.2, 0) is 11.8 Å². The molecule has 2 fully saturated rings. The van der Waals surface area contributed by atoms with Crippen molar-refractivity contribution in [2.45, 2.75) is 31.6 Å². The molecule has 28 heavy (non-hydrogen) atoms. The number of likely N-dealkylation sites (tertiary alicyclic amines) is 1. The van der Waals surface area contributed by atoms with E-state index in [-0.39, 0.29) is 43.3 Å². The number of para-hydroxylation sites is 1. The Bertz CT molecular complexity index is 941. The Labute approximate surface area is 161 Å². The summed E-state index contributed by atoms with van der Waals surface area (Å²) >= 11 is 0. The number of halogens is 2. The van der Waals surface area contributed by atoms with Gasteiger partial charge in [0.1, 0.15) is 0 Å². The first-order chi connectivity index (χ1) is 13.4.